The van der Waals surface area contributed by atoms with Crippen molar-refractivity contribution in [2.45, 2.75) is 78.6 Å². The zero-order chi connectivity index (χ0) is 18.7. The average molecular weight is 364 g/mol. The summed E-state index contributed by atoms with van der Waals surface area (Å²) in [5, 5.41) is 3.48. The van der Waals surface area contributed by atoms with E-state index >= 15 is 0 Å². The fourth-order valence-electron chi connectivity index (χ4n) is 5.65. The normalized spacial score (nSPS) is 33.3. The Labute approximate surface area is 158 Å². The third-order valence-corrected chi connectivity index (χ3v) is 7.08. The molecule has 3 aliphatic rings. The number of carbonyl (C=O) groups is 2. The van der Waals surface area contributed by atoms with Gasteiger partial charge in [0.1, 0.15) is 0 Å². The summed E-state index contributed by atoms with van der Waals surface area (Å²) in [6, 6.07) is 0. The predicted octanol–water partition coefficient (Wildman–Crippen LogP) is 4.32. The molecule has 0 radical (unpaired) electrons. The second-order valence-electron chi connectivity index (χ2n) is 10.0. The highest BCUT2D eigenvalue weighted by atomic mass is 16.6. The average Bonchev–Trinajstić information content (AvgIpc) is 2.61. The van der Waals surface area contributed by atoms with Gasteiger partial charge in [0, 0.05) is 6.42 Å². The number of hydrogen-bond acceptors (Lipinski definition) is 4. The van der Waals surface area contributed by atoms with Crippen LogP contribution in [0, 0.1) is 35.0 Å². The van der Waals surface area contributed by atoms with E-state index in [1.165, 1.54) is 44.9 Å². The largest absolute Gasteiger partial charge is 0.393 e. The van der Waals surface area contributed by atoms with E-state index < -0.39 is 11.4 Å². The van der Waals surface area contributed by atoms with Crippen LogP contribution in [0.2, 0.25) is 0 Å². The summed E-state index contributed by atoms with van der Waals surface area (Å²) >= 11 is 0. The van der Waals surface area contributed by atoms with Crippen molar-refractivity contribution >= 4 is 11.9 Å². The summed E-state index contributed by atoms with van der Waals surface area (Å²) in [6.45, 7) is 7.68. The maximum atomic E-state index is 12.5. The molecule has 0 aromatic heterocycles. The molecule has 3 rings (SSSR count). The maximum absolute atomic E-state index is 12.5. The van der Waals surface area contributed by atoms with E-state index in [4.69, 9.17) is 4.74 Å². The van der Waals surface area contributed by atoms with Gasteiger partial charge in [0.15, 0.2) is 0 Å². The van der Waals surface area contributed by atoms with Crippen LogP contribution in [0.4, 0.5) is 0 Å². The van der Waals surface area contributed by atoms with Gasteiger partial charge in [-0.15, -0.1) is 0 Å². The number of carbonyl (C=O) groups excluding carboxylic acids is 2. The Hall–Kier alpha value is -0.900. The van der Waals surface area contributed by atoms with Crippen LogP contribution in [0.25, 0.3) is 0 Å². The second kappa shape index (κ2) is 8.41. The van der Waals surface area contributed by atoms with Crippen molar-refractivity contribution < 1.29 is 14.3 Å². The molecule has 2 saturated carbocycles. The first-order valence-electron chi connectivity index (χ1n) is 10.8. The Morgan fingerprint density at radius 1 is 0.923 bits per heavy atom. The van der Waals surface area contributed by atoms with Gasteiger partial charge in [0.25, 0.3) is 0 Å². The number of hydrogen-bond donors (Lipinski definition) is 1. The molecule has 3 fully saturated rings. The first-order valence-corrected chi connectivity index (χ1v) is 10.8. The van der Waals surface area contributed by atoms with Crippen LogP contribution in [0.3, 0.4) is 0 Å². The SMILES string of the molecule is CC(C)(C)C(=O)OC(=O)CC1CC(C2CCNCC2)CC2CCCCC21. The van der Waals surface area contributed by atoms with Gasteiger partial charge in [-0.05, 0) is 95.6 Å². The fourth-order valence-corrected chi connectivity index (χ4v) is 5.65. The van der Waals surface area contributed by atoms with Gasteiger partial charge >= 0.3 is 11.9 Å². The molecule has 4 atom stereocenters. The van der Waals surface area contributed by atoms with Gasteiger partial charge in [-0.25, -0.2) is 0 Å². The molecule has 2 aliphatic carbocycles. The van der Waals surface area contributed by atoms with Gasteiger partial charge in [0.2, 0.25) is 0 Å². The second-order valence-corrected chi connectivity index (χ2v) is 10.0. The first kappa shape index (κ1) is 19.9. The van der Waals surface area contributed by atoms with E-state index in [0.717, 1.165) is 37.3 Å². The summed E-state index contributed by atoms with van der Waals surface area (Å²) in [6.07, 6.45) is 10.7. The van der Waals surface area contributed by atoms with E-state index in [1.54, 1.807) is 20.8 Å². The van der Waals surface area contributed by atoms with Crippen LogP contribution in [0.15, 0.2) is 0 Å². The number of fused-ring (bicyclic) bond motifs is 1. The third kappa shape index (κ3) is 4.88. The lowest BCUT2D eigenvalue weighted by Gasteiger charge is -2.47. The Kier molecular flexibility index (Phi) is 6.42. The van der Waals surface area contributed by atoms with Crippen molar-refractivity contribution in [3.63, 3.8) is 0 Å². The minimum absolute atomic E-state index is 0.301. The van der Waals surface area contributed by atoms with Crippen LogP contribution in [-0.2, 0) is 14.3 Å². The molecule has 26 heavy (non-hydrogen) atoms. The maximum Gasteiger partial charge on any atom is 0.318 e. The van der Waals surface area contributed by atoms with Gasteiger partial charge < -0.3 is 10.1 Å². The van der Waals surface area contributed by atoms with E-state index in [1.807, 2.05) is 0 Å². The van der Waals surface area contributed by atoms with Gasteiger partial charge in [-0.3, -0.25) is 9.59 Å². The Morgan fingerprint density at radius 2 is 1.62 bits per heavy atom. The summed E-state index contributed by atoms with van der Waals surface area (Å²) < 4.78 is 5.19. The fraction of sp³-hybridized carbons (Fsp3) is 0.909. The standard InChI is InChI=1S/C22H37NO3/c1-22(2,3)21(25)26-20(24)14-18-13-17(15-8-10-23-11-9-15)12-16-6-4-5-7-19(16)18/h15-19,23H,4-14H2,1-3H3. The number of ether oxygens (including phenoxy) is 1. The predicted molar refractivity (Wildman–Crippen MR) is 102 cm³/mol. The smallest absolute Gasteiger partial charge is 0.318 e. The monoisotopic (exact) mass is 363 g/mol. The molecule has 148 valence electrons. The Morgan fingerprint density at radius 3 is 2.31 bits per heavy atom. The quantitative estimate of drug-likeness (QED) is 0.599. The Bertz CT molecular complexity index is 504. The molecule has 0 bridgehead atoms. The van der Waals surface area contributed by atoms with Crippen molar-refractivity contribution in [3.05, 3.63) is 0 Å². The molecule has 1 aliphatic heterocycles. The summed E-state index contributed by atoms with van der Waals surface area (Å²) in [5.41, 5.74) is -0.618. The van der Waals surface area contributed by atoms with E-state index in [-0.39, 0.29) is 5.97 Å². The highest BCUT2D eigenvalue weighted by Crippen LogP contribution is 2.50. The molecular weight excluding hydrogens is 326 g/mol. The van der Waals surface area contributed by atoms with E-state index in [9.17, 15) is 9.59 Å². The lowest BCUT2D eigenvalue weighted by Crippen LogP contribution is -2.41. The molecule has 0 spiro atoms. The lowest BCUT2D eigenvalue weighted by molar-refractivity contribution is -0.167. The molecule has 1 N–H and O–H groups in total. The molecule has 4 nitrogen and oxygen atoms in total. The zero-order valence-corrected chi connectivity index (χ0v) is 16.9. The van der Waals surface area contributed by atoms with Crippen LogP contribution < -0.4 is 5.32 Å². The van der Waals surface area contributed by atoms with Crippen LogP contribution in [-0.4, -0.2) is 25.0 Å². The lowest BCUT2D eigenvalue weighted by atomic mass is 9.59. The molecule has 1 saturated heterocycles. The van der Waals surface area contributed by atoms with Crippen LogP contribution in [0.1, 0.15) is 78.6 Å². The summed E-state index contributed by atoms with van der Waals surface area (Å²) in [7, 11) is 0. The summed E-state index contributed by atoms with van der Waals surface area (Å²) in [4.78, 5) is 24.5. The number of nitrogens with one attached hydrogen (secondary N) is 1. The van der Waals surface area contributed by atoms with Crippen molar-refractivity contribution in [1.29, 1.82) is 0 Å². The molecule has 0 amide bonds. The molecule has 4 unspecified atom stereocenters. The van der Waals surface area contributed by atoms with E-state index in [0.29, 0.717) is 18.3 Å². The minimum atomic E-state index is -0.618. The van der Waals surface area contributed by atoms with E-state index in [2.05, 4.69) is 5.32 Å². The van der Waals surface area contributed by atoms with Gasteiger partial charge in [0.05, 0.1) is 5.41 Å². The van der Waals surface area contributed by atoms with Crippen molar-refractivity contribution in [3.8, 4) is 0 Å². The van der Waals surface area contributed by atoms with Crippen molar-refractivity contribution in [1.82, 2.24) is 5.32 Å². The zero-order valence-electron chi connectivity index (χ0n) is 16.9. The molecule has 0 aromatic carbocycles. The molecular formula is C22H37NO3. The number of esters is 2. The highest BCUT2D eigenvalue weighted by molar-refractivity contribution is 5.88. The first-order chi connectivity index (χ1) is 12.3. The molecule has 1 heterocycles. The minimum Gasteiger partial charge on any atom is -0.393 e. The van der Waals surface area contributed by atoms with Gasteiger partial charge in [-0.1, -0.05) is 19.3 Å². The highest BCUT2D eigenvalue weighted by Gasteiger charge is 2.42. The van der Waals surface area contributed by atoms with Crippen LogP contribution >= 0.6 is 0 Å². The third-order valence-electron chi connectivity index (χ3n) is 7.08. The van der Waals surface area contributed by atoms with Gasteiger partial charge in [-0.2, -0.15) is 0 Å². The molecule has 4 heteroatoms. The van der Waals surface area contributed by atoms with Crippen molar-refractivity contribution in [2.75, 3.05) is 13.1 Å². The van der Waals surface area contributed by atoms with Crippen molar-refractivity contribution in [2.24, 2.45) is 35.0 Å². The molecule has 0 aromatic rings. The summed E-state index contributed by atoms with van der Waals surface area (Å²) in [5.74, 6) is 2.74. The number of piperidine rings is 1. The topological polar surface area (TPSA) is 55.4 Å². The van der Waals surface area contributed by atoms with Crippen LogP contribution in [0.5, 0.6) is 0 Å². The number of rotatable bonds is 3. The Balaban J connectivity index is 1.64.